The molecule has 1 amide bonds. The number of hydrogen-bond acceptors (Lipinski definition) is 4. The number of carbonyl (C=O) groups excluding carboxylic acids is 2. The minimum absolute atomic E-state index is 0.416. The number of rotatable bonds is 4. The van der Waals surface area contributed by atoms with Crippen molar-refractivity contribution in [3.8, 4) is 0 Å². The highest BCUT2D eigenvalue weighted by molar-refractivity contribution is 5.96. The molecule has 2 aromatic carbocycles. The van der Waals surface area contributed by atoms with E-state index >= 15 is 0 Å². The molecular formula is C16H16N2O3. The summed E-state index contributed by atoms with van der Waals surface area (Å²) in [7, 11) is 0. The van der Waals surface area contributed by atoms with E-state index in [1.807, 2.05) is 6.07 Å². The predicted octanol–water partition coefficient (Wildman–Crippen LogP) is 2.51. The van der Waals surface area contributed by atoms with E-state index < -0.39 is 18.0 Å². The Labute approximate surface area is 122 Å². The zero-order valence-corrected chi connectivity index (χ0v) is 11.6. The van der Waals surface area contributed by atoms with E-state index in [9.17, 15) is 9.59 Å². The van der Waals surface area contributed by atoms with Gasteiger partial charge in [0.2, 0.25) is 6.10 Å². The summed E-state index contributed by atoms with van der Waals surface area (Å²) in [5.74, 6) is -0.933. The Morgan fingerprint density at radius 1 is 1.05 bits per heavy atom. The fourth-order valence-corrected chi connectivity index (χ4v) is 1.84. The molecule has 0 bridgehead atoms. The van der Waals surface area contributed by atoms with Gasteiger partial charge in [-0.3, -0.25) is 9.59 Å². The lowest BCUT2D eigenvalue weighted by atomic mass is 10.1. The smallest absolute Gasteiger partial charge is 0.303 e. The van der Waals surface area contributed by atoms with Gasteiger partial charge in [0.05, 0.1) is 0 Å². The molecule has 0 saturated heterocycles. The third-order valence-electron chi connectivity index (χ3n) is 2.80. The summed E-state index contributed by atoms with van der Waals surface area (Å²) in [5.41, 5.74) is 7.39. The van der Waals surface area contributed by atoms with Gasteiger partial charge in [0, 0.05) is 23.9 Å². The van der Waals surface area contributed by atoms with Crippen LogP contribution in [-0.4, -0.2) is 11.9 Å². The van der Waals surface area contributed by atoms with Crippen LogP contribution in [0, 0.1) is 0 Å². The molecular weight excluding hydrogens is 268 g/mol. The quantitative estimate of drug-likeness (QED) is 0.667. The maximum Gasteiger partial charge on any atom is 0.303 e. The summed E-state index contributed by atoms with van der Waals surface area (Å²) in [4.78, 5) is 23.5. The monoisotopic (exact) mass is 284 g/mol. The van der Waals surface area contributed by atoms with Gasteiger partial charge in [-0.25, -0.2) is 0 Å². The van der Waals surface area contributed by atoms with Gasteiger partial charge in [-0.1, -0.05) is 30.3 Å². The van der Waals surface area contributed by atoms with E-state index in [1.165, 1.54) is 6.92 Å². The lowest BCUT2D eigenvalue weighted by Crippen LogP contribution is -2.25. The highest BCUT2D eigenvalue weighted by atomic mass is 16.5. The fraction of sp³-hybridized carbons (Fsp3) is 0.125. The molecule has 0 aliphatic rings. The first kappa shape index (κ1) is 14.6. The molecule has 108 valence electrons. The molecule has 0 heterocycles. The van der Waals surface area contributed by atoms with E-state index in [4.69, 9.17) is 10.5 Å². The molecule has 1 atom stereocenters. The van der Waals surface area contributed by atoms with Crippen LogP contribution in [0.15, 0.2) is 54.6 Å². The minimum atomic E-state index is -0.985. The number of anilines is 2. The Bertz CT molecular complexity index is 624. The van der Waals surface area contributed by atoms with Gasteiger partial charge < -0.3 is 15.8 Å². The normalized spacial score (nSPS) is 11.5. The van der Waals surface area contributed by atoms with Crippen LogP contribution in [0.25, 0.3) is 0 Å². The Hall–Kier alpha value is -2.82. The third kappa shape index (κ3) is 4.07. The van der Waals surface area contributed by atoms with Gasteiger partial charge in [-0.05, 0) is 24.3 Å². The van der Waals surface area contributed by atoms with Crippen molar-refractivity contribution in [1.82, 2.24) is 0 Å². The van der Waals surface area contributed by atoms with Crippen LogP contribution in [0.5, 0.6) is 0 Å². The van der Waals surface area contributed by atoms with Gasteiger partial charge in [0.1, 0.15) is 0 Å². The number of nitrogen functional groups attached to an aromatic ring is 1. The van der Waals surface area contributed by atoms with Gasteiger partial charge in [0.15, 0.2) is 0 Å². The molecule has 5 nitrogen and oxygen atoms in total. The van der Waals surface area contributed by atoms with Crippen molar-refractivity contribution in [2.24, 2.45) is 0 Å². The molecule has 0 aliphatic carbocycles. The summed E-state index contributed by atoms with van der Waals surface area (Å²) in [6, 6.07) is 15.6. The lowest BCUT2D eigenvalue weighted by Gasteiger charge is -2.17. The average molecular weight is 284 g/mol. The van der Waals surface area contributed by atoms with Gasteiger partial charge in [0.25, 0.3) is 5.91 Å². The number of nitrogens with two attached hydrogens (primary N) is 1. The number of nitrogens with one attached hydrogen (secondary N) is 1. The van der Waals surface area contributed by atoms with Crippen molar-refractivity contribution < 1.29 is 14.3 Å². The fourth-order valence-electron chi connectivity index (χ4n) is 1.84. The third-order valence-corrected chi connectivity index (χ3v) is 2.80. The number of amides is 1. The zero-order valence-electron chi connectivity index (χ0n) is 11.6. The van der Waals surface area contributed by atoms with Crippen LogP contribution in [0.4, 0.5) is 11.4 Å². The molecule has 3 N–H and O–H groups in total. The maximum absolute atomic E-state index is 12.3. The van der Waals surface area contributed by atoms with Crippen molar-refractivity contribution in [2.75, 3.05) is 11.1 Å². The summed E-state index contributed by atoms with van der Waals surface area (Å²) >= 11 is 0. The molecule has 5 heteroatoms. The second kappa shape index (κ2) is 6.56. The SMILES string of the molecule is CC(=O)O[C@H](C(=O)Nc1ccc(N)cc1)c1ccccc1. The number of ether oxygens (including phenoxy) is 1. The summed E-state index contributed by atoms with van der Waals surface area (Å²) < 4.78 is 5.12. The van der Waals surface area contributed by atoms with Gasteiger partial charge >= 0.3 is 5.97 Å². The molecule has 0 saturated carbocycles. The van der Waals surface area contributed by atoms with Crippen molar-refractivity contribution in [3.05, 3.63) is 60.2 Å². The standard InChI is InChI=1S/C16H16N2O3/c1-11(19)21-15(12-5-3-2-4-6-12)16(20)18-14-9-7-13(17)8-10-14/h2-10,15H,17H2,1H3,(H,18,20)/t15-/m0/s1. The average Bonchev–Trinajstić information content (AvgIpc) is 2.48. The van der Waals surface area contributed by atoms with E-state index in [-0.39, 0.29) is 0 Å². The van der Waals surface area contributed by atoms with Crippen molar-refractivity contribution in [1.29, 1.82) is 0 Å². The molecule has 0 aliphatic heterocycles. The van der Waals surface area contributed by atoms with Crippen LogP contribution in [-0.2, 0) is 14.3 Å². The Kier molecular flexibility index (Phi) is 4.56. The second-order valence-electron chi connectivity index (χ2n) is 4.51. The Morgan fingerprint density at radius 2 is 1.67 bits per heavy atom. The predicted molar refractivity (Wildman–Crippen MR) is 80.4 cm³/mol. The lowest BCUT2D eigenvalue weighted by molar-refractivity contribution is -0.152. The molecule has 0 spiro atoms. The zero-order chi connectivity index (χ0) is 15.2. The number of benzene rings is 2. The highest BCUT2D eigenvalue weighted by Crippen LogP contribution is 2.20. The topological polar surface area (TPSA) is 81.4 Å². The van der Waals surface area contributed by atoms with E-state index in [2.05, 4.69) is 5.32 Å². The van der Waals surface area contributed by atoms with Crippen LogP contribution in [0.2, 0.25) is 0 Å². The molecule has 2 rings (SSSR count). The highest BCUT2D eigenvalue weighted by Gasteiger charge is 2.23. The molecule has 2 aromatic rings. The molecule has 0 aromatic heterocycles. The minimum Gasteiger partial charge on any atom is -0.447 e. The second-order valence-corrected chi connectivity index (χ2v) is 4.51. The molecule has 0 radical (unpaired) electrons. The van der Waals surface area contributed by atoms with Crippen LogP contribution < -0.4 is 11.1 Å². The number of carbonyl (C=O) groups is 2. The molecule has 21 heavy (non-hydrogen) atoms. The van der Waals surface area contributed by atoms with Crippen LogP contribution in [0.3, 0.4) is 0 Å². The number of hydrogen-bond donors (Lipinski definition) is 2. The Morgan fingerprint density at radius 3 is 2.24 bits per heavy atom. The van der Waals surface area contributed by atoms with Crippen LogP contribution in [0.1, 0.15) is 18.6 Å². The summed E-state index contributed by atoms with van der Waals surface area (Å²) in [6.07, 6.45) is -0.985. The first-order valence-electron chi connectivity index (χ1n) is 6.45. The molecule has 0 fully saturated rings. The largest absolute Gasteiger partial charge is 0.447 e. The van der Waals surface area contributed by atoms with E-state index in [0.29, 0.717) is 16.9 Å². The molecule has 0 unspecified atom stereocenters. The van der Waals surface area contributed by atoms with Gasteiger partial charge in [-0.15, -0.1) is 0 Å². The first-order chi connectivity index (χ1) is 10.1. The van der Waals surface area contributed by atoms with E-state index in [0.717, 1.165) is 0 Å². The first-order valence-corrected chi connectivity index (χ1v) is 6.45. The van der Waals surface area contributed by atoms with Crippen molar-refractivity contribution >= 4 is 23.3 Å². The summed E-state index contributed by atoms with van der Waals surface area (Å²) in [6.45, 7) is 1.27. The van der Waals surface area contributed by atoms with Crippen LogP contribution >= 0.6 is 0 Å². The number of esters is 1. The summed E-state index contributed by atoms with van der Waals surface area (Å²) in [5, 5.41) is 2.70. The van der Waals surface area contributed by atoms with E-state index in [1.54, 1.807) is 48.5 Å². The Balaban J connectivity index is 2.18. The van der Waals surface area contributed by atoms with Crippen molar-refractivity contribution in [2.45, 2.75) is 13.0 Å². The van der Waals surface area contributed by atoms with Gasteiger partial charge in [-0.2, -0.15) is 0 Å². The van der Waals surface area contributed by atoms with Crippen molar-refractivity contribution in [3.63, 3.8) is 0 Å². The maximum atomic E-state index is 12.3.